The van der Waals surface area contributed by atoms with E-state index in [2.05, 4.69) is 0 Å². The van der Waals surface area contributed by atoms with E-state index in [1.807, 2.05) is 0 Å². The molecule has 3 unspecified atom stereocenters. The van der Waals surface area contributed by atoms with Gasteiger partial charge in [0, 0.05) is 7.11 Å². The number of carbonyl (C=O) groups excluding carboxylic acids is 1. The molecule has 0 bridgehead atoms. The summed E-state index contributed by atoms with van der Waals surface area (Å²) >= 11 is 16.7. The number of hydrogen-bond acceptors (Lipinski definition) is 7. The highest BCUT2D eigenvalue weighted by Crippen LogP contribution is 2.39. The zero-order valence-electron chi connectivity index (χ0n) is 11.4. The number of hydrogen-bond donors (Lipinski definition) is 1. The fourth-order valence-corrected chi connectivity index (χ4v) is 2.48. The minimum Gasteiger partial charge on any atom is -0.444 e. The number of halogens is 3. The highest BCUT2D eigenvalue weighted by Gasteiger charge is 2.59. The molecule has 0 aromatic heterocycles. The summed E-state index contributed by atoms with van der Waals surface area (Å²) in [4.78, 5) is 11.4. The molecule has 1 N–H and O–H groups in total. The van der Waals surface area contributed by atoms with Crippen molar-refractivity contribution in [2.24, 2.45) is 0 Å². The Labute approximate surface area is 136 Å². The maximum absolute atomic E-state index is 11.4. The molecule has 7 nitrogen and oxygen atoms in total. The van der Waals surface area contributed by atoms with Crippen molar-refractivity contribution in [2.75, 3.05) is 7.11 Å². The van der Waals surface area contributed by atoms with Crippen molar-refractivity contribution in [3.63, 3.8) is 0 Å². The molecule has 0 spiro atoms. The van der Waals surface area contributed by atoms with Crippen LogP contribution in [0, 0.1) is 5.41 Å². The highest BCUT2D eigenvalue weighted by atomic mass is 35.6. The molecule has 0 aromatic rings. The predicted octanol–water partition coefficient (Wildman–Crippen LogP) is 2.40. The normalized spacial score (nSPS) is 34.7. The second-order valence-electron chi connectivity index (χ2n) is 5.11. The van der Waals surface area contributed by atoms with Crippen molar-refractivity contribution in [2.45, 2.75) is 47.8 Å². The number of alkyl halides is 3. The van der Waals surface area contributed by atoms with Gasteiger partial charge in [0.15, 0.2) is 6.10 Å². The molecule has 2 heterocycles. The Hall–Kier alpha value is -0.470. The van der Waals surface area contributed by atoms with E-state index in [4.69, 9.17) is 63.9 Å². The van der Waals surface area contributed by atoms with Crippen molar-refractivity contribution in [1.29, 1.82) is 5.41 Å². The van der Waals surface area contributed by atoms with Crippen LogP contribution in [0.3, 0.4) is 0 Å². The molecule has 2 rings (SSSR count). The van der Waals surface area contributed by atoms with Gasteiger partial charge in [-0.05, 0) is 13.8 Å². The van der Waals surface area contributed by atoms with Gasteiger partial charge in [0.1, 0.15) is 6.10 Å². The quantitative estimate of drug-likeness (QED) is 0.351. The lowest BCUT2D eigenvalue weighted by Crippen LogP contribution is -2.62. The third-order valence-electron chi connectivity index (χ3n) is 3.21. The lowest BCUT2D eigenvalue weighted by molar-refractivity contribution is -0.287. The summed E-state index contributed by atoms with van der Waals surface area (Å²) in [6, 6.07) is 0. The fraction of sp³-hybridized carbons (Fsp3) is 0.818. The lowest BCUT2D eigenvalue weighted by atomic mass is 9.89. The first-order valence-corrected chi connectivity index (χ1v) is 7.10. The minimum atomic E-state index is -2.05. The summed E-state index contributed by atoms with van der Waals surface area (Å²) in [5.74, 6) is -0.647. The average molecular weight is 363 g/mol. The SMILES string of the molecule is CO[C@@H]1C2OC(=O)OC2C(OC(=N)C(Cl)(Cl)Cl)OC1(C)C. The zero-order chi connectivity index (χ0) is 16.0. The Bertz CT molecular complexity index is 452. The number of fused-ring (bicyclic) bond motifs is 1. The molecule has 10 heteroatoms. The molecule has 0 aromatic carbocycles. The van der Waals surface area contributed by atoms with Crippen molar-refractivity contribution in [1.82, 2.24) is 0 Å². The third-order valence-corrected chi connectivity index (χ3v) is 3.72. The Kier molecular flexibility index (Phi) is 4.52. The second-order valence-corrected chi connectivity index (χ2v) is 7.39. The summed E-state index contributed by atoms with van der Waals surface area (Å²) in [6.45, 7) is 3.44. The fourth-order valence-electron chi connectivity index (χ4n) is 2.35. The lowest BCUT2D eigenvalue weighted by Gasteiger charge is -2.45. The van der Waals surface area contributed by atoms with Gasteiger partial charge in [0.25, 0.3) is 3.79 Å². The van der Waals surface area contributed by atoms with Gasteiger partial charge in [0.05, 0.1) is 5.60 Å². The number of nitrogens with one attached hydrogen (secondary N) is 1. The topological polar surface area (TPSA) is 87.1 Å². The van der Waals surface area contributed by atoms with Crippen LogP contribution in [0.2, 0.25) is 0 Å². The number of ether oxygens (including phenoxy) is 5. The number of rotatable bonds is 2. The van der Waals surface area contributed by atoms with Gasteiger partial charge in [-0.15, -0.1) is 0 Å². The molecule has 2 saturated heterocycles. The van der Waals surface area contributed by atoms with E-state index in [-0.39, 0.29) is 0 Å². The Morgan fingerprint density at radius 2 is 1.86 bits per heavy atom. The Balaban J connectivity index is 2.22. The average Bonchev–Trinajstić information content (AvgIpc) is 2.68. The van der Waals surface area contributed by atoms with E-state index in [0.717, 1.165) is 0 Å². The van der Waals surface area contributed by atoms with Gasteiger partial charge in [-0.3, -0.25) is 5.41 Å². The van der Waals surface area contributed by atoms with Crippen LogP contribution in [0.15, 0.2) is 0 Å². The molecule has 0 aliphatic carbocycles. The monoisotopic (exact) mass is 361 g/mol. The smallest absolute Gasteiger partial charge is 0.444 e. The molecule has 0 radical (unpaired) electrons. The van der Waals surface area contributed by atoms with E-state index in [0.29, 0.717) is 0 Å². The van der Waals surface area contributed by atoms with Crippen molar-refractivity contribution >= 4 is 46.9 Å². The number of methoxy groups -OCH3 is 1. The van der Waals surface area contributed by atoms with Crippen LogP contribution in [-0.4, -0.2) is 53.2 Å². The van der Waals surface area contributed by atoms with E-state index in [1.165, 1.54) is 7.11 Å². The van der Waals surface area contributed by atoms with Crippen LogP contribution in [0.1, 0.15) is 13.8 Å². The largest absolute Gasteiger partial charge is 0.509 e. The summed E-state index contributed by atoms with van der Waals surface area (Å²) < 4.78 is 24.2. The molecule has 0 amide bonds. The third kappa shape index (κ3) is 3.32. The van der Waals surface area contributed by atoms with E-state index >= 15 is 0 Å². The van der Waals surface area contributed by atoms with E-state index in [1.54, 1.807) is 13.8 Å². The van der Waals surface area contributed by atoms with Crippen LogP contribution in [0.4, 0.5) is 4.79 Å². The summed E-state index contributed by atoms with van der Waals surface area (Å²) in [6.07, 6.45) is -4.27. The molecule has 21 heavy (non-hydrogen) atoms. The molecule has 2 fully saturated rings. The first-order chi connectivity index (χ1) is 9.56. The van der Waals surface area contributed by atoms with Crippen LogP contribution < -0.4 is 0 Å². The van der Waals surface area contributed by atoms with Gasteiger partial charge in [0.2, 0.25) is 18.3 Å². The van der Waals surface area contributed by atoms with E-state index in [9.17, 15) is 4.79 Å². The van der Waals surface area contributed by atoms with Crippen LogP contribution >= 0.6 is 34.8 Å². The van der Waals surface area contributed by atoms with Crippen LogP contribution in [0.5, 0.6) is 0 Å². The van der Waals surface area contributed by atoms with Gasteiger partial charge in [-0.25, -0.2) is 4.79 Å². The maximum Gasteiger partial charge on any atom is 0.509 e. The van der Waals surface area contributed by atoms with Crippen molar-refractivity contribution < 1.29 is 28.5 Å². The summed E-state index contributed by atoms with van der Waals surface area (Å²) in [5.41, 5.74) is -0.873. The van der Waals surface area contributed by atoms with Crippen LogP contribution in [0.25, 0.3) is 0 Å². The molecule has 4 atom stereocenters. The predicted molar refractivity (Wildman–Crippen MR) is 74.0 cm³/mol. The van der Waals surface area contributed by atoms with Crippen molar-refractivity contribution in [3.05, 3.63) is 0 Å². The molecule has 2 aliphatic heterocycles. The minimum absolute atomic E-state index is 0.573. The molecule has 120 valence electrons. The Morgan fingerprint density at radius 3 is 2.38 bits per heavy atom. The standard InChI is InChI=1S/C11H14Cl3NO6/c1-10(2)6(17-3)4-5(19-9(16)18-4)7(21-10)20-8(15)11(12,13)14/h4-7,15H,1-3H3/t4?,5?,6-,7?/m1/s1. The Morgan fingerprint density at radius 1 is 1.29 bits per heavy atom. The van der Waals surface area contributed by atoms with E-state index < -0.39 is 46.0 Å². The van der Waals surface area contributed by atoms with Gasteiger partial charge < -0.3 is 23.7 Å². The van der Waals surface area contributed by atoms with Gasteiger partial charge in [-0.1, -0.05) is 34.8 Å². The zero-order valence-corrected chi connectivity index (χ0v) is 13.7. The highest BCUT2D eigenvalue weighted by molar-refractivity contribution is 6.76. The second kappa shape index (κ2) is 5.62. The molecule has 2 aliphatic rings. The first kappa shape index (κ1) is 16.9. The summed E-state index contributed by atoms with van der Waals surface area (Å²) in [7, 11) is 1.46. The van der Waals surface area contributed by atoms with Crippen molar-refractivity contribution in [3.8, 4) is 0 Å². The van der Waals surface area contributed by atoms with Crippen LogP contribution in [-0.2, 0) is 23.7 Å². The molecular formula is C11H14Cl3NO6. The maximum atomic E-state index is 11.4. The molecule has 0 saturated carbocycles. The first-order valence-electron chi connectivity index (χ1n) is 5.96. The summed E-state index contributed by atoms with van der Waals surface area (Å²) in [5, 5.41) is 7.59. The van der Waals surface area contributed by atoms with Gasteiger partial charge in [-0.2, -0.15) is 0 Å². The molecular weight excluding hydrogens is 348 g/mol. The van der Waals surface area contributed by atoms with Gasteiger partial charge >= 0.3 is 6.16 Å². The number of carbonyl (C=O) groups is 1.